The second-order valence-corrected chi connectivity index (χ2v) is 9.83. The van der Waals surface area contributed by atoms with Crippen LogP contribution in [0.15, 0.2) is 65.6 Å². The molecule has 2 N–H and O–H groups in total. The van der Waals surface area contributed by atoms with E-state index in [2.05, 4.69) is 10.0 Å². The number of carbonyl (C=O) groups is 1. The lowest BCUT2D eigenvalue weighted by molar-refractivity contribution is -0.116. The summed E-state index contributed by atoms with van der Waals surface area (Å²) in [6.07, 6.45) is 0.804. The van der Waals surface area contributed by atoms with Gasteiger partial charge in [0.25, 0.3) is 10.0 Å². The highest BCUT2D eigenvalue weighted by Crippen LogP contribution is 2.29. The molecule has 3 aromatic carbocycles. The Labute approximate surface area is 207 Å². The molecule has 0 spiro atoms. The van der Waals surface area contributed by atoms with Crippen molar-refractivity contribution in [3.05, 3.63) is 77.4 Å². The number of benzene rings is 3. The minimum Gasteiger partial charge on any atom is -0.490 e. The van der Waals surface area contributed by atoms with Gasteiger partial charge in [-0.3, -0.25) is 9.52 Å². The van der Waals surface area contributed by atoms with Crippen LogP contribution in [0.5, 0.6) is 11.5 Å². The van der Waals surface area contributed by atoms with Crippen molar-refractivity contribution in [3.8, 4) is 11.5 Å². The molecule has 0 heterocycles. The first-order chi connectivity index (χ1) is 16.7. The lowest BCUT2D eigenvalue weighted by Crippen LogP contribution is -2.15. The van der Waals surface area contributed by atoms with Crippen LogP contribution in [0.2, 0.25) is 0 Å². The zero-order valence-corrected chi connectivity index (χ0v) is 21.4. The topological polar surface area (TPSA) is 93.7 Å². The van der Waals surface area contributed by atoms with Crippen molar-refractivity contribution in [1.29, 1.82) is 0 Å². The molecule has 3 rings (SSSR count). The zero-order chi connectivity index (χ0) is 25.4. The van der Waals surface area contributed by atoms with Crippen molar-refractivity contribution < 1.29 is 22.7 Å². The van der Waals surface area contributed by atoms with Gasteiger partial charge in [-0.2, -0.15) is 0 Å². The van der Waals surface area contributed by atoms with Gasteiger partial charge in [-0.25, -0.2) is 8.42 Å². The van der Waals surface area contributed by atoms with Crippen LogP contribution >= 0.6 is 0 Å². The van der Waals surface area contributed by atoms with Gasteiger partial charge >= 0.3 is 0 Å². The molecule has 0 aliphatic rings. The molecular formula is C27H32N2O5S. The quantitative estimate of drug-likeness (QED) is 0.367. The Balaban J connectivity index is 1.59. The van der Waals surface area contributed by atoms with E-state index < -0.39 is 10.0 Å². The molecule has 0 aliphatic carbocycles. The smallest absolute Gasteiger partial charge is 0.261 e. The predicted molar refractivity (Wildman–Crippen MR) is 139 cm³/mol. The summed E-state index contributed by atoms with van der Waals surface area (Å²) in [7, 11) is -3.74. The van der Waals surface area contributed by atoms with Crippen LogP contribution in [0.4, 0.5) is 11.4 Å². The van der Waals surface area contributed by atoms with Crippen LogP contribution < -0.4 is 19.5 Å². The van der Waals surface area contributed by atoms with Gasteiger partial charge in [0, 0.05) is 12.1 Å². The average molecular weight is 497 g/mol. The van der Waals surface area contributed by atoms with E-state index in [4.69, 9.17) is 9.47 Å². The highest BCUT2D eigenvalue weighted by Gasteiger charge is 2.16. The summed E-state index contributed by atoms with van der Waals surface area (Å²) in [4.78, 5) is 12.6. The van der Waals surface area contributed by atoms with E-state index in [1.165, 1.54) is 12.1 Å². The molecule has 3 aromatic rings. The van der Waals surface area contributed by atoms with Crippen LogP contribution in [-0.2, 0) is 21.2 Å². The maximum atomic E-state index is 12.8. The Bertz CT molecular complexity index is 1270. The normalized spacial score (nSPS) is 11.1. The van der Waals surface area contributed by atoms with Crippen molar-refractivity contribution >= 4 is 27.3 Å². The summed E-state index contributed by atoms with van der Waals surface area (Å²) < 4.78 is 39.3. The number of nitrogens with one attached hydrogen (secondary N) is 2. The van der Waals surface area contributed by atoms with Crippen molar-refractivity contribution in [2.24, 2.45) is 0 Å². The maximum Gasteiger partial charge on any atom is 0.261 e. The summed E-state index contributed by atoms with van der Waals surface area (Å²) in [6.45, 7) is 8.70. The number of hydrogen-bond donors (Lipinski definition) is 2. The van der Waals surface area contributed by atoms with E-state index >= 15 is 0 Å². The van der Waals surface area contributed by atoms with Crippen molar-refractivity contribution in [1.82, 2.24) is 0 Å². The van der Waals surface area contributed by atoms with Crippen molar-refractivity contribution in [3.63, 3.8) is 0 Å². The Morgan fingerprint density at radius 1 is 0.857 bits per heavy atom. The van der Waals surface area contributed by atoms with Crippen LogP contribution in [0, 0.1) is 13.8 Å². The van der Waals surface area contributed by atoms with Crippen molar-refractivity contribution in [2.75, 3.05) is 23.3 Å². The lowest BCUT2D eigenvalue weighted by atomic mass is 10.1. The molecule has 0 fully saturated rings. The number of hydrogen-bond acceptors (Lipinski definition) is 5. The minimum atomic E-state index is -3.74. The zero-order valence-electron chi connectivity index (χ0n) is 20.6. The van der Waals surface area contributed by atoms with Gasteiger partial charge in [0.1, 0.15) is 0 Å². The number of amides is 1. The van der Waals surface area contributed by atoms with Gasteiger partial charge < -0.3 is 14.8 Å². The van der Waals surface area contributed by atoms with E-state index in [0.29, 0.717) is 42.5 Å². The first kappa shape index (κ1) is 26.1. The van der Waals surface area contributed by atoms with E-state index in [0.717, 1.165) is 16.7 Å². The molecule has 35 heavy (non-hydrogen) atoms. The first-order valence-electron chi connectivity index (χ1n) is 11.6. The predicted octanol–water partition coefficient (Wildman–Crippen LogP) is 5.47. The molecule has 0 unspecified atom stereocenters. The number of anilines is 2. The Morgan fingerprint density at radius 2 is 1.54 bits per heavy atom. The van der Waals surface area contributed by atoms with Gasteiger partial charge in [0.05, 0.1) is 23.8 Å². The number of ether oxygens (including phenoxy) is 2. The first-order valence-corrected chi connectivity index (χ1v) is 13.1. The van der Waals surface area contributed by atoms with Gasteiger partial charge in [-0.05, 0) is 87.7 Å². The fourth-order valence-corrected chi connectivity index (χ4v) is 4.71. The number of sulfonamides is 1. The summed E-state index contributed by atoms with van der Waals surface area (Å²) >= 11 is 0. The SMILES string of the molecule is CCOc1ccc(CCC(=O)Nc2ccc(S(=O)(=O)Nc3ccc(C)cc3C)cc2)cc1OCC. The molecule has 186 valence electrons. The highest BCUT2D eigenvalue weighted by atomic mass is 32.2. The Kier molecular flexibility index (Phi) is 8.76. The molecule has 0 atom stereocenters. The van der Waals surface area contributed by atoms with Crippen LogP contribution in [0.25, 0.3) is 0 Å². The second-order valence-electron chi connectivity index (χ2n) is 8.14. The standard InChI is InChI=1S/C27H32N2O5S/c1-5-33-25-15-8-21(18-26(25)34-6-2)9-16-27(30)28-22-10-12-23(13-11-22)35(31,32)29-24-14-7-19(3)17-20(24)4/h7-8,10-15,17-18,29H,5-6,9,16H2,1-4H3,(H,28,30). The van der Waals surface area contributed by atoms with E-state index in [9.17, 15) is 13.2 Å². The lowest BCUT2D eigenvalue weighted by Gasteiger charge is -2.13. The summed E-state index contributed by atoms with van der Waals surface area (Å²) in [5.41, 5.74) is 3.93. The number of aryl methyl sites for hydroxylation is 3. The summed E-state index contributed by atoms with van der Waals surface area (Å²) in [5, 5.41) is 2.82. The van der Waals surface area contributed by atoms with Gasteiger partial charge in [0.2, 0.25) is 5.91 Å². The third-order valence-corrected chi connectivity index (χ3v) is 6.70. The monoisotopic (exact) mass is 496 g/mol. The molecule has 0 aliphatic heterocycles. The molecule has 0 saturated carbocycles. The van der Waals surface area contributed by atoms with Crippen molar-refractivity contribution in [2.45, 2.75) is 45.4 Å². The average Bonchev–Trinajstić information content (AvgIpc) is 2.82. The molecule has 0 aromatic heterocycles. The molecular weight excluding hydrogens is 464 g/mol. The third-order valence-electron chi connectivity index (χ3n) is 5.32. The minimum absolute atomic E-state index is 0.119. The Morgan fingerprint density at radius 3 is 2.20 bits per heavy atom. The van der Waals surface area contributed by atoms with Crippen LogP contribution in [-0.4, -0.2) is 27.5 Å². The maximum absolute atomic E-state index is 12.8. The molecule has 0 bridgehead atoms. The largest absolute Gasteiger partial charge is 0.490 e. The molecule has 1 amide bonds. The highest BCUT2D eigenvalue weighted by molar-refractivity contribution is 7.92. The van der Waals surface area contributed by atoms with Crippen LogP contribution in [0.3, 0.4) is 0 Å². The van der Waals surface area contributed by atoms with Gasteiger partial charge in [-0.15, -0.1) is 0 Å². The summed E-state index contributed by atoms with van der Waals surface area (Å²) in [6, 6.07) is 17.3. The fraction of sp³-hybridized carbons (Fsp3) is 0.296. The van der Waals surface area contributed by atoms with Gasteiger partial charge in [-0.1, -0.05) is 23.8 Å². The molecule has 8 heteroatoms. The summed E-state index contributed by atoms with van der Waals surface area (Å²) in [5.74, 6) is 1.18. The second kappa shape index (κ2) is 11.8. The molecule has 7 nitrogen and oxygen atoms in total. The number of carbonyl (C=O) groups excluding carboxylic acids is 1. The Hall–Kier alpha value is -3.52. The van der Waals surface area contributed by atoms with Crippen LogP contribution in [0.1, 0.15) is 37.0 Å². The van der Waals surface area contributed by atoms with E-state index in [-0.39, 0.29) is 17.2 Å². The molecule has 0 saturated heterocycles. The van der Waals surface area contributed by atoms with E-state index in [1.807, 2.05) is 58.0 Å². The fourth-order valence-electron chi connectivity index (χ4n) is 3.58. The molecule has 0 radical (unpaired) electrons. The third kappa shape index (κ3) is 7.23. The number of rotatable bonds is 11. The van der Waals surface area contributed by atoms with E-state index in [1.54, 1.807) is 18.2 Å². The van der Waals surface area contributed by atoms with Gasteiger partial charge in [0.15, 0.2) is 11.5 Å².